The lowest BCUT2D eigenvalue weighted by Gasteiger charge is -2.49. The molecule has 0 saturated heterocycles. The lowest BCUT2D eigenvalue weighted by Crippen LogP contribution is -2.61. The summed E-state index contributed by atoms with van der Waals surface area (Å²) in [7, 11) is 0. The van der Waals surface area contributed by atoms with Crippen molar-refractivity contribution in [3.8, 4) is 0 Å². The average molecular weight is 382 g/mol. The highest BCUT2D eigenvalue weighted by Crippen LogP contribution is 2.56. The Morgan fingerprint density at radius 1 is 1.32 bits per heavy atom. The zero-order valence-corrected chi connectivity index (χ0v) is 16.0. The van der Waals surface area contributed by atoms with Gasteiger partial charge in [0.1, 0.15) is 11.8 Å². The first-order chi connectivity index (χ1) is 13.2. The molecule has 3 aliphatic rings. The number of benzene rings is 1. The number of para-hydroxylation sites is 1. The van der Waals surface area contributed by atoms with Crippen LogP contribution in [0.25, 0.3) is 0 Å². The molecule has 28 heavy (non-hydrogen) atoms. The number of anilines is 1. The van der Waals surface area contributed by atoms with E-state index in [1.54, 1.807) is 13.0 Å². The molecule has 2 aliphatic heterocycles. The summed E-state index contributed by atoms with van der Waals surface area (Å²) in [5.41, 5.74) is 1.12. The maximum atomic E-state index is 11.9. The molecule has 4 rings (SSSR count). The average Bonchev–Trinajstić information content (AvgIpc) is 2.85. The minimum atomic E-state index is -1.02. The number of ether oxygens (including phenoxy) is 1. The molecule has 0 saturated carbocycles. The summed E-state index contributed by atoms with van der Waals surface area (Å²) in [6, 6.07) is 6.92. The third-order valence-electron chi connectivity index (χ3n) is 6.09. The summed E-state index contributed by atoms with van der Waals surface area (Å²) in [5.74, 6) is -0.278. The largest absolute Gasteiger partial charge is 0.480 e. The van der Waals surface area contributed by atoms with Gasteiger partial charge < -0.3 is 14.7 Å². The van der Waals surface area contributed by atoms with Crippen molar-refractivity contribution < 1.29 is 19.6 Å². The number of carbonyl (C=O) groups is 1. The van der Waals surface area contributed by atoms with Gasteiger partial charge in [0.05, 0.1) is 10.3 Å². The zero-order chi connectivity index (χ0) is 20.3. The Morgan fingerprint density at radius 2 is 2.04 bits per heavy atom. The van der Waals surface area contributed by atoms with Crippen LogP contribution in [-0.4, -0.2) is 27.8 Å². The van der Waals surface area contributed by atoms with E-state index in [0.717, 1.165) is 11.3 Å². The molecule has 0 amide bonds. The van der Waals surface area contributed by atoms with E-state index in [1.807, 2.05) is 55.2 Å². The van der Waals surface area contributed by atoms with E-state index in [1.165, 1.54) is 0 Å². The number of hydrogen-bond acceptors (Lipinski definition) is 5. The zero-order valence-electron chi connectivity index (χ0n) is 16.0. The SMILES string of the molecule is CC(C(=O)O)N1c2ccccc2C(C)(C)[C@]12C=CC1=C(CCC([N+](=O)[O-])=C1)O2. The smallest absolute Gasteiger partial charge is 0.326 e. The number of carboxylic acid groups (broad SMARTS) is 1. The highest BCUT2D eigenvalue weighted by Gasteiger charge is 2.61. The lowest BCUT2D eigenvalue weighted by atomic mass is 9.76. The van der Waals surface area contributed by atoms with Crippen molar-refractivity contribution in [3.63, 3.8) is 0 Å². The molecule has 7 nitrogen and oxygen atoms in total. The van der Waals surface area contributed by atoms with Gasteiger partial charge in [-0.3, -0.25) is 10.1 Å². The van der Waals surface area contributed by atoms with Gasteiger partial charge in [-0.05, 0) is 44.6 Å². The van der Waals surface area contributed by atoms with Gasteiger partial charge in [0.25, 0.3) is 0 Å². The maximum absolute atomic E-state index is 11.9. The van der Waals surface area contributed by atoms with E-state index < -0.39 is 23.2 Å². The summed E-state index contributed by atoms with van der Waals surface area (Å²) in [6.45, 7) is 5.73. The number of rotatable bonds is 3. The first-order valence-electron chi connectivity index (χ1n) is 9.27. The van der Waals surface area contributed by atoms with Crippen molar-refractivity contribution in [2.45, 2.75) is 50.8 Å². The van der Waals surface area contributed by atoms with Crippen LogP contribution in [0.2, 0.25) is 0 Å². The Balaban J connectivity index is 1.86. The lowest BCUT2D eigenvalue weighted by molar-refractivity contribution is -0.428. The van der Waals surface area contributed by atoms with E-state index in [9.17, 15) is 20.0 Å². The first-order valence-corrected chi connectivity index (χ1v) is 9.27. The molecule has 1 unspecified atom stereocenters. The van der Waals surface area contributed by atoms with Crippen molar-refractivity contribution in [3.05, 3.63) is 75.2 Å². The minimum absolute atomic E-state index is 0.160. The number of nitrogens with zero attached hydrogens (tertiary/aromatic N) is 2. The third kappa shape index (κ3) is 2.32. The summed E-state index contributed by atoms with van der Waals surface area (Å²) < 4.78 is 6.54. The number of hydrogen-bond donors (Lipinski definition) is 1. The van der Waals surface area contributed by atoms with Gasteiger partial charge in [-0.2, -0.15) is 0 Å². The van der Waals surface area contributed by atoms with Crippen LogP contribution in [0.4, 0.5) is 5.69 Å². The van der Waals surface area contributed by atoms with E-state index in [0.29, 0.717) is 17.8 Å². The number of carboxylic acids is 1. The van der Waals surface area contributed by atoms with Crippen LogP contribution in [0, 0.1) is 10.1 Å². The maximum Gasteiger partial charge on any atom is 0.326 e. The second kappa shape index (κ2) is 5.95. The number of nitro groups is 1. The van der Waals surface area contributed by atoms with Crippen LogP contribution < -0.4 is 4.90 Å². The molecule has 7 heteroatoms. The second-order valence-electron chi connectivity index (χ2n) is 7.93. The van der Waals surface area contributed by atoms with Crippen LogP contribution in [0.1, 0.15) is 39.2 Å². The van der Waals surface area contributed by atoms with Crippen molar-refractivity contribution in [2.75, 3.05) is 4.90 Å². The van der Waals surface area contributed by atoms with Gasteiger partial charge in [0.2, 0.25) is 11.4 Å². The van der Waals surface area contributed by atoms with Gasteiger partial charge in [-0.1, -0.05) is 18.2 Å². The fourth-order valence-corrected chi connectivity index (χ4v) is 4.50. The Hall–Kier alpha value is -3.09. The van der Waals surface area contributed by atoms with Gasteiger partial charge >= 0.3 is 5.97 Å². The molecular formula is C21H22N2O5. The third-order valence-corrected chi connectivity index (χ3v) is 6.09. The number of aliphatic carboxylic acids is 1. The summed E-state index contributed by atoms with van der Waals surface area (Å²) >= 11 is 0. The Bertz CT molecular complexity index is 975. The van der Waals surface area contributed by atoms with Crippen LogP contribution in [0.3, 0.4) is 0 Å². The van der Waals surface area contributed by atoms with E-state index in [2.05, 4.69) is 0 Å². The van der Waals surface area contributed by atoms with Gasteiger partial charge in [0.15, 0.2) is 0 Å². The molecule has 1 spiro atoms. The van der Waals surface area contributed by atoms with E-state index in [-0.39, 0.29) is 17.0 Å². The fourth-order valence-electron chi connectivity index (χ4n) is 4.50. The van der Waals surface area contributed by atoms with E-state index >= 15 is 0 Å². The molecule has 2 atom stereocenters. The van der Waals surface area contributed by atoms with Crippen LogP contribution in [-0.2, 0) is 14.9 Å². The predicted molar refractivity (Wildman–Crippen MR) is 103 cm³/mol. The minimum Gasteiger partial charge on any atom is -0.480 e. The standard InChI is InChI=1S/C21H22N2O5/c1-13(19(24)25)22-17-7-5-4-6-16(17)20(2,3)21(22)11-10-14-12-15(23(26)27)8-9-18(14)28-21/h4-7,10-13H,8-9H2,1-3H3,(H,24,25)/t13?,21-/m1/s1. The Morgan fingerprint density at radius 3 is 2.71 bits per heavy atom. The van der Waals surface area contributed by atoms with Crippen LogP contribution in [0.15, 0.2) is 59.5 Å². The highest BCUT2D eigenvalue weighted by atomic mass is 16.6. The molecule has 0 fully saturated rings. The molecule has 0 radical (unpaired) electrons. The van der Waals surface area contributed by atoms with Gasteiger partial charge in [0, 0.05) is 30.2 Å². The Kier molecular flexibility index (Phi) is 3.89. The summed E-state index contributed by atoms with van der Waals surface area (Å²) in [4.78, 5) is 24.5. The predicted octanol–water partition coefficient (Wildman–Crippen LogP) is 3.75. The topological polar surface area (TPSA) is 92.9 Å². The van der Waals surface area contributed by atoms with Crippen LogP contribution in [0.5, 0.6) is 0 Å². The molecule has 0 bridgehead atoms. The highest BCUT2D eigenvalue weighted by molar-refractivity contribution is 5.82. The number of allylic oxidation sites excluding steroid dienone is 5. The van der Waals surface area contributed by atoms with Gasteiger partial charge in [-0.15, -0.1) is 0 Å². The normalized spacial score (nSPS) is 25.7. The molecule has 1 N–H and O–H groups in total. The quantitative estimate of drug-likeness (QED) is 0.632. The molecule has 0 aromatic heterocycles. The monoisotopic (exact) mass is 382 g/mol. The molecular weight excluding hydrogens is 360 g/mol. The summed E-state index contributed by atoms with van der Waals surface area (Å²) in [5, 5.41) is 20.9. The van der Waals surface area contributed by atoms with Crippen LogP contribution >= 0.6 is 0 Å². The molecule has 1 aliphatic carbocycles. The molecule has 1 aromatic rings. The van der Waals surface area contributed by atoms with Crippen molar-refractivity contribution in [1.82, 2.24) is 0 Å². The first kappa shape index (κ1) is 18.3. The Labute approximate surface area is 162 Å². The van der Waals surface area contributed by atoms with Crippen molar-refractivity contribution in [2.24, 2.45) is 0 Å². The molecule has 1 aromatic carbocycles. The van der Waals surface area contributed by atoms with Gasteiger partial charge in [-0.25, -0.2) is 4.79 Å². The summed E-state index contributed by atoms with van der Waals surface area (Å²) in [6.07, 6.45) is 5.93. The molecule has 2 heterocycles. The van der Waals surface area contributed by atoms with Crippen molar-refractivity contribution in [1.29, 1.82) is 0 Å². The number of fused-ring (bicyclic) bond motifs is 1. The fraction of sp³-hybridized carbons (Fsp3) is 0.381. The second-order valence-corrected chi connectivity index (χ2v) is 7.93. The molecule has 146 valence electrons. The van der Waals surface area contributed by atoms with E-state index in [4.69, 9.17) is 4.74 Å². The van der Waals surface area contributed by atoms with Crippen molar-refractivity contribution >= 4 is 11.7 Å².